The van der Waals surface area contributed by atoms with Gasteiger partial charge in [0.2, 0.25) is 0 Å². The van der Waals surface area contributed by atoms with E-state index in [9.17, 15) is 24.5 Å². The summed E-state index contributed by atoms with van der Waals surface area (Å²) in [5.74, 6) is 0.909. The number of barbiturate groups is 1. The molecule has 4 saturated carbocycles. The summed E-state index contributed by atoms with van der Waals surface area (Å²) in [6.07, 6.45) is 10.8. The minimum atomic E-state index is -0.789. The maximum absolute atomic E-state index is 13.5. The molecule has 5 fully saturated rings. The second-order valence-corrected chi connectivity index (χ2v) is 11.8. The van der Waals surface area contributed by atoms with Crippen LogP contribution in [0.3, 0.4) is 0 Å². The van der Waals surface area contributed by atoms with E-state index in [-0.39, 0.29) is 16.7 Å². The standard InChI is InChI=1S/C31H28N4O5/c36-28-27(15-25-5-2-10-33(25)24-3-1-4-26(14-24)35(39)40)29(37)34(30(38)32-28)23-8-6-22(7-9-23)31-16-19-11-20(17-31)13-21(12-19)18-31/h1-10,14-15,19-21H,11-13,16-18H2,(H,32,36,38)/b27-15+. The molecule has 40 heavy (non-hydrogen) atoms. The molecule has 4 amide bonds. The molecule has 2 aromatic carbocycles. The van der Waals surface area contributed by atoms with Gasteiger partial charge in [-0.2, -0.15) is 0 Å². The first kappa shape index (κ1) is 24.5. The summed E-state index contributed by atoms with van der Waals surface area (Å²) in [5, 5.41) is 13.5. The molecule has 3 aromatic rings. The molecule has 1 aliphatic heterocycles. The van der Waals surface area contributed by atoms with Crippen LogP contribution in [0.1, 0.15) is 49.8 Å². The van der Waals surface area contributed by atoms with Crippen LogP contribution in [0, 0.1) is 27.9 Å². The summed E-state index contributed by atoms with van der Waals surface area (Å²) >= 11 is 0. The zero-order chi connectivity index (χ0) is 27.6. The zero-order valence-corrected chi connectivity index (χ0v) is 21.8. The molecule has 0 spiro atoms. The number of nitrogens with one attached hydrogen (secondary N) is 1. The van der Waals surface area contributed by atoms with Crippen LogP contribution in [0.2, 0.25) is 0 Å². The highest BCUT2D eigenvalue weighted by Gasteiger charge is 2.51. The number of urea groups is 1. The number of carbonyl (C=O) groups excluding carboxylic acids is 3. The number of imide groups is 2. The third-order valence-electron chi connectivity index (χ3n) is 9.27. The molecule has 202 valence electrons. The summed E-state index contributed by atoms with van der Waals surface area (Å²) in [4.78, 5) is 50.9. The Labute approximate surface area is 230 Å². The largest absolute Gasteiger partial charge is 0.335 e. The van der Waals surface area contributed by atoms with Gasteiger partial charge in [-0.3, -0.25) is 25.0 Å². The van der Waals surface area contributed by atoms with Gasteiger partial charge in [0, 0.05) is 24.0 Å². The molecule has 9 heteroatoms. The monoisotopic (exact) mass is 536 g/mol. The predicted octanol–water partition coefficient (Wildman–Crippen LogP) is 5.52. The number of carbonyl (C=O) groups is 3. The van der Waals surface area contributed by atoms with Crippen molar-refractivity contribution >= 4 is 35.3 Å². The Balaban J connectivity index is 1.18. The van der Waals surface area contributed by atoms with Crippen molar-refractivity contribution in [2.24, 2.45) is 17.8 Å². The van der Waals surface area contributed by atoms with Crippen LogP contribution in [0.15, 0.2) is 72.4 Å². The van der Waals surface area contributed by atoms with E-state index in [4.69, 9.17) is 0 Å². The lowest BCUT2D eigenvalue weighted by atomic mass is 9.48. The lowest BCUT2D eigenvalue weighted by Crippen LogP contribution is -2.54. The first-order chi connectivity index (χ1) is 19.3. The Morgan fingerprint density at radius 3 is 2.20 bits per heavy atom. The topological polar surface area (TPSA) is 115 Å². The molecule has 1 saturated heterocycles. The first-order valence-electron chi connectivity index (χ1n) is 13.7. The summed E-state index contributed by atoms with van der Waals surface area (Å²) < 4.78 is 1.64. The minimum Gasteiger partial charge on any atom is -0.317 e. The molecule has 0 radical (unpaired) electrons. The van der Waals surface area contributed by atoms with E-state index >= 15 is 0 Å². The molecule has 1 aromatic heterocycles. The molecule has 5 aliphatic rings. The fourth-order valence-corrected chi connectivity index (χ4v) is 7.97. The third-order valence-corrected chi connectivity index (χ3v) is 9.27. The number of nitro groups is 1. The lowest BCUT2D eigenvalue weighted by molar-refractivity contribution is -0.384. The van der Waals surface area contributed by atoms with E-state index in [1.165, 1.54) is 62.3 Å². The van der Waals surface area contributed by atoms with Crippen molar-refractivity contribution in [3.05, 3.63) is 93.8 Å². The average molecular weight is 537 g/mol. The zero-order valence-electron chi connectivity index (χ0n) is 21.8. The molecule has 2 heterocycles. The van der Waals surface area contributed by atoms with Crippen LogP contribution in [-0.2, 0) is 15.0 Å². The molecule has 8 rings (SSSR count). The number of benzene rings is 2. The molecule has 1 N–H and O–H groups in total. The number of rotatable bonds is 5. The second-order valence-electron chi connectivity index (χ2n) is 11.8. The fraction of sp³-hybridized carbons (Fsp3) is 0.323. The first-order valence-corrected chi connectivity index (χ1v) is 13.7. The van der Waals surface area contributed by atoms with Gasteiger partial charge in [0.15, 0.2) is 0 Å². The van der Waals surface area contributed by atoms with E-state index in [0.29, 0.717) is 17.1 Å². The normalized spacial score (nSPS) is 28.3. The van der Waals surface area contributed by atoms with Gasteiger partial charge >= 0.3 is 6.03 Å². The number of nitrogens with zero attached hydrogens (tertiary/aromatic N) is 3. The van der Waals surface area contributed by atoms with E-state index in [2.05, 4.69) is 17.4 Å². The van der Waals surface area contributed by atoms with Crippen LogP contribution in [0.5, 0.6) is 0 Å². The predicted molar refractivity (Wildman–Crippen MR) is 148 cm³/mol. The highest BCUT2D eigenvalue weighted by molar-refractivity contribution is 6.39. The van der Waals surface area contributed by atoms with E-state index < -0.39 is 22.8 Å². The van der Waals surface area contributed by atoms with Crippen molar-refractivity contribution in [1.29, 1.82) is 0 Å². The van der Waals surface area contributed by atoms with Crippen LogP contribution >= 0.6 is 0 Å². The smallest absolute Gasteiger partial charge is 0.317 e. The molecule has 0 unspecified atom stereocenters. The number of anilines is 1. The van der Waals surface area contributed by atoms with Gasteiger partial charge in [-0.05, 0) is 104 Å². The minimum absolute atomic E-state index is 0.0787. The Morgan fingerprint density at radius 1 is 0.875 bits per heavy atom. The quantitative estimate of drug-likeness (QED) is 0.200. The third kappa shape index (κ3) is 3.95. The van der Waals surface area contributed by atoms with Gasteiger partial charge in [-0.25, -0.2) is 9.69 Å². The lowest BCUT2D eigenvalue weighted by Gasteiger charge is -2.57. The molecule has 4 aliphatic carbocycles. The van der Waals surface area contributed by atoms with Crippen molar-refractivity contribution < 1.29 is 19.3 Å². The van der Waals surface area contributed by atoms with Crippen LogP contribution in [-0.4, -0.2) is 27.3 Å². The van der Waals surface area contributed by atoms with E-state index in [1.54, 1.807) is 35.0 Å². The molecular weight excluding hydrogens is 508 g/mol. The van der Waals surface area contributed by atoms with Crippen molar-refractivity contribution in [1.82, 2.24) is 9.88 Å². The van der Waals surface area contributed by atoms with Crippen molar-refractivity contribution in [3.8, 4) is 5.69 Å². The number of aromatic nitrogens is 1. The van der Waals surface area contributed by atoms with Crippen LogP contribution in [0.25, 0.3) is 11.8 Å². The van der Waals surface area contributed by atoms with Gasteiger partial charge in [-0.1, -0.05) is 18.2 Å². The molecular formula is C31H28N4O5. The van der Waals surface area contributed by atoms with Gasteiger partial charge in [0.25, 0.3) is 17.5 Å². The molecule has 4 bridgehead atoms. The number of hydrogen-bond donors (Lipinski definition) is 1. The van der Waals surface area contributed by atoms with Crippen molar-refractivity contribution in [2.45, 2.75) is 43.9 Å². The molecule has 0 atom stereocenters. The summed E-state index contributed by atoms with van der Waals surface area (Å²) in [6, 6.07) is 16.4. The van der Waals surface area contributed by atoms with Crippen LogP contribution < -0.4 is 10.2 Å². The number of amides is 4. The van der Waals surface area contributed by atoms with E-state index in [1.807, 2.05) is 12.1 Å². The Kier molecular flexibility index (Phi) is 5.52. The average Bonchev–Trinajstić information content (AvgIpc) is 3.39. The second kappa shape index (κ2) is 9.01. The number of nitro benzene ring substituents is 1. The van der Waals surface area contributed by atoms with Gasteiger partial charge in [-0.15, -0.1) is 0 Å². The molecule has 9 nitrogen and oxygen atoms in total. The van der Waals surface area contributed by atoms with Crippen molar-refractivity contribution in [3.63, 3.8) is 0 Å². The van der Waals surface area contributed by atoms with Gasteiger partial charge in [0.05, 0.1) is 16.3 Å². The van der Waals surface area contributed by atoms with Crippen molar-refractivity contribution in [2.75, 3.05) is 4.90 Å². The fourth-order valence-electron chi connectivity index (χ4n) is 7.97. The Morgan fingerprint density at radius 2 is 1.55 bits per heavy atom. The number of non-ortho nitro benzene ring substituents is 1. The Bertz CT molecular complexity index is 1570. The maximum Gasteiger partial charge on any atom is 0.335 e. The SMILES string of the molecule is O=C1NC(=O)N(c2ccc(C34CC5CC(CC(C5)C3)C4)cc2)C(=O)/C1=C/c1cccn1-c1cccc([N+](=O)[O-])c1. The highest BCUT2D eigenvalue weighted by Crippen LogP contribution is 2.60. The highest BCUT2D eigenvalue weighted by atomic mass is 16.6. The summed E-state index contributed by atoms with van der Waals surface area (Å²) in [6.45, 7) is 0. The van der Waals surface area contributed by atoms with Crippen LogP contribution in [0.4, 0.5) is 16.2 Å². The summed E-state index contributed by atoms with van der Waals surface area (Å²) in [5.41, 5.74) is 2.57. The maximum atomic E-state index is 13.5. The Hall–Kier alpha value is -4.53. The van der Waals surface area contributed by atoms with E-state index in [0.717, 1.165) is 22.7 Å². The number of hydrogen-bond acceptors (Lipinski definition) is 5. The van der Waals surface area contributed by atoms with Gasteiger partial charge in [0.1, 0.15) is 5.57 Å². The summed E-state index contributed by atoms with van der Waals surface area (Å²) in [7, 11) is 0. The van der Waals surface area contributed by atoms with Gasteiger partial charge < -0.3 is 4.57 Å².